The second kappa shape index (κ2) is 3.90. The fourth-order valence-corrected chi connectivity index (χ4v) is 1.57. The van der Waals surface area contributed by atoms with Crippen LogP contribution in [0.3, 0.4) is 0 Å². The highest BCUT2D eigenvalue weighted by Crippen LogP contribution is 2.23. The van der Waals surface area contributed by atoms with E-state index in [2.05, 4.69) is 13.8 Å². The number of rotatable bonds is 2. The zero-order valence-electron chi connectivity index (χ0n) is 7.96. The van der Waals surface area contributed by atoms with Crippen LogP contribution in [0.5, 0.6) is 0 Å². The molecule has 1 saturated heterocycles. The molecule has 1 N–H and O–H groups in total. The summed E-state index contributed by atoms with van der Waals surface area (Å²) in [5, 5.41) is 7.21. The molecule has 0 amide bonds. The molecule has 1 aliphatic heterocycles. The molecule has 1 aliphatic rings. The first kappa shape index (κ1) is 9.52. The smallest absolute Gasteiger partial charge is 0.177 e. The Morgan fingerprint density at radius 1 is 1.58 bits per heavy atom. The van der Waals surface area contributed by atoms with Gasteiger partial charge in [0.15, 0.2) is 5.90 Å². The van der Waals surface area contributed by atoms with Gasteiger partial charge >= 0.3 is 0 Å². The SMILES string of the molecule is CC(=N)O[C@H]1CCO[C@H]1C(C)C. The molecule has 1 rings (SSSR count). The molecule has 0 bridgehead atoms. The lowest BCUT2D eigenvalue weighted by atomic mass is 10.0. The topological polar surface area (TPSA) is 42.3 Å². The summed E-state index contributed by atoms with van der Waals surface area (Å²) in [6, 6.07) is 0. The average molecular weight is 171 g/mol. The Hall–Kier alpha value is -0.570. The molecule has 12 heavy (non-hydrogen) atoms. The molecule has 0 aliphatic carbocycles. The van der Waals surface area contributed by atoms with Crippen LogP contribution in [0.4, 0.5) is 0 Å². The van der Waals surface area contributed by atoms with Gasteiger partial charge < -0.3 is 9.47 Å². The maximum Gasteiger partial charge on any atom is 0.177 e. The van der Waals surface area contributed by atoms with Crippen LogP contribution in [0, 0.1) is 11.3 Å². The maximum atomic E-state index is 7.21. The van der Waals surface area contributed by atoms with E-state index < -0.39 is 0 Å². The summed E-state index contributed by atoms with van der Waals surface area (Å²) in [4.78, 5) is 0. The highest BCUT2D eigenvalue weighted by molar-refractivity contribution is 5.69. The standard InChI is InChI=1S/C9H17NO2/c1-6(2)9-8(4-5-11-9)12-7(3)10/h6,8-10H,4-5H2,1-3H3/t8-,9-/m0/s1. The van der Waals surface area contributed by atoms with Gasteiger partial charge in [0, 0.05) is 13.3 Å². The Bertz CT molecular complexity index is 168. The summed E-state index contributed by atoms with van der Waals surface area (Å²) in [5.41, 5.74) is 0. The van der Waals surface area contributed by atoms with Crippen LogP contribution >= 0.6 is 0 Å². The number of hydrogen-bond donors (Lipinski definition) is 1. The molecule has 3 heteroatoms. The van der Waals surface area contributed by atoms with Crippen LogP contribution in [-0.4, -0.2) is 24.7 Å². The molecule has 0 aromatic carbocycles. The van der Waals surface area contributed by atoms with Crippen molar-refractivity contribution in [1.29, 1.82) is 5.41 Å². The molecule has 0 radical (unpaired) electrons. The Kier molecular flexibility index (Phi) is 3.09. The van der Waals surface area contributed by atoms with Gasteiger partial charge in [-0.15, -0.1) is 0 Å². The molecule has 70 valence electrons. The van der Waals surface area contributed by atoms with E-state index in [1.807, 2.05) is 0 Å². The monoisotopic (exact) mass is 171 g/mol. The Labute approximate surface area is 73.6 Å². The van der Waals surface area contributed by atoms with Crippen molar-refractivity contribution in [2.24, 2.45) is 5.92 Å². The van der Waals surface area contributed by atoms with E-state index in [4.69, 9.17) is 14.9 Å². The lowest BCUT2D eigenvalue weighted by Crippen LogP contribution is -2.30. The number of nitrogens with one attached hydrogen (secondary N) is 1. The van der Waals surface area contributed by atoms with Crippen molar-refractivity contribution in [3.8, 4) is 0 Å². The van der Waals surface area contributed by atoms with Crippen molar-refractivity contribution < 1.29 is 9.47 Å². The van der Waals surface area contributed by atoms with E-state index in [9.17, 15) is 0 Å². The Morgan fingerprint density at radius 2 is 2.25 bits per heavy atom. The van der Waals surface area contributed by atoms with Gasteiger partial charge in [-0.3, -0.25) is 5.41 Å². The van der Waals surface area contributed by atoms with Gasteiger partial charge in [-0.25, -0.2) is 0 Å². The van der Waals surface area contributed by atoms with E-state index >= 15 is 0 Å². The van der Waals surface area contributed by atoms with Crippen LogP contribution in [0.1, 0.15) is 27.2 Å². The molecular weight excluding hydrogens is 154 g/mol. The third kappa shape index (κ3) is 2.21. The van der Waals surface area contributed by atoms with E-state index in [0.29, 0.717) is 5.92 Å². The van der Waals surface area contributed by atoms with E-state index in [-0.39, 0.29) is 18.1 Å². The molecule has 2 atom stereocenters. The second-order valence-electron chi connectivity index (χ2n) is 3.58. The molecule has 1 heterocycles. The quantitative estimate of drug-likeness (QED) is 0.508. The first-order chi connectivity index (χ1) is 5.61. The molecule has 0 unspecified atom stereocenters. The fourth-order valence-electron chi connectivity index (χ4n) is 1.57. The van der Waals surface area contributed by atoms with E-state index in [1.54, 1.807) is 6.92 Å². The molecule has 1 fully saturated rings. The highest BCUT2D eigenvalue weighted by Gasteiger charge is 2.32. The third-order valence-corrected chi connectivity index (χ3v) is 2.06. The van der Waals surface area contributed by atoms with Crippen LogP contribution < -0.4 is 0 Å². The molecule has 0 saturated carbocycles. The first-order valence-electron chi connectivity index (χ1n) is 4.44. The van der Waals surface area contributed by atoms with E-state index in [0.717, 1.165) is 13.0 Å². The molecule has 3 nitrogen and oxygen atoms in total. The van der Waals surface area contributed by atoms with E-state index in [1.165, 1.54) is 0 Å². The summed E-state index contributed by atoms with van der Waals surface area (Å²) >= 11 is 0. The summed E-state index contributed by atoms with van der Waals surface area (Å²) < 4.78 is 10.8. The average Bonchev–Trinajstić information content (AvgIpc) is 2.33. The van der Waals surface area contributed by atoms with Crippen molar-refractivity contribution in [3.05, 3.63) is 0 Å². The summed E-state index contributed by atoms with van der Waals surface area (Å²) in [6.07, 6.45) is 1.19. The van der Waals surface area contributed by atoms with Gasteiger partial charge in [-0.1, -0.05) is 13.8 Å². The summed E-state index contributed by atoms with van der Waals surface area (Å²) in [6.45, 7) is 6.66. The Balaban J connectivity index is 2.46. The Morgan fingerprint density at radius 3 is 2.75 bits per heavy atom. The van der Waals surface area contributed by atoms with Gasteiger partial charge in [-0.2, -0.15) is 0 Å². The normalized spacial score (nSPS) is 29.3. The van der Waals surface area contributed by atoms with Gasteiger partial charge in [0.2, 0.25) is 0 Å². The first-order valence-corrected chi connectivity index (χ1v) is 4.44. The van der Waals surface area contributed by atoms with Crippen molar-refractivity contribution in [2.45, 2.75) is 39.4 Å². The number of hydrogen-bond acceptors (Lipinski definition) is 3. The van der Waals surface area contributed by atoms with Crippen molar-refractivity contribution in [3.63, 3.8) is 0 Å². The fraction of sp³-hybridized carbons (Fsp3) is 0.889. The third-order valence-electron chi connectivity index (χ3n) is 2.06. The van der Waals surface area contributed by atoms with Crippen LogP contribution in [-0.2, 0) is 9.47 Å². The van der Waals surface area contributed by atoms with Gasteiger partial charge in [0.05, 0.1) is 12.7 Å². The van der Waals surface area contributed by atoms with Gasteiger partial charge in [0.25, 0.3) is 0 Å². The zero-order chi connectivity index (χ0) is 9.14. The van der Waals surface area contributed by atoms with Crippen molar-refractivity contribution in [1.82, 2.24) is 0 Å². The van der Waals surface area contributed by atoms with Gasteiger partial charge in [0.1, 0.15) is 6.10 Å². The predicted octanol–water partition coefficient (Wildman–Crippen LogP) is 1.81. The minimum absolute atomic E-state index is 0.0995. The lowest BCUT2D eigenvalue weighted by Gasteiger charge is -2.22. The highest BCUT2D eigenvalue weighted by atomic mass is 16.6. The molecular formula is C9H17NO2. The lowest BCUT2D eigenvalue weighted by molar-refractivity contribution is 0.0170. The zero-order valence-corrected chi connectivity index (χ0v) is 7.96. The summed E-state index contributed by atoms with van der Waals surface area (Å²) in [5.74, 6) is 0.757. The maximum absolute atomic E-state index is 7.21. The molecule has 0 aromatic rings. The predicted molar refractivity (Wildman–Crippen MR) is 47.5 cm³/mol. The minimum Gasteiger partial charge on any atom is -0.475 e. The van der Waals surface area contributed by atoms with Crippen LogP contribution in [0.15, 0.2) is 0 Å². The van der Waals surface area contributed by atoms with Crippen molar-refractivity contribution in [2.75, 3.05) is 6.61 Å². The van der Waals surface area contributed by atoms with Crippen LogP contribution in [0.25, 0.3) is 0 Å². The van der Waals surface area contributed by atoms with Gasteiger partial charge in [-0.05, 0) is 5.92 Å². The minimum atomic E-state index is 0.0995. The second-order valence-corrected chi connectivity index (χ2v) is 3.58. The van der Waals surface area contributed by atoms with Crippen molar-refractivity contribution >= 4 is 5.90 Å². The largest absolute Gasteiger partial charge is 0.475 e. The molecule has 0 spiro atoms. The molecule has 0 aromatic heterocycles. The van der Waals surface area contributed by atoms with Crippen LogP contribution in [0.2, 0.25) is 0 Å². The summed E-state index contributed by atoms with van der Waals surface area (Å²) in [7, 11) is 0. The number of ether oxygens (including phenoxy) is 2.